The van der Waals surface area contributed by atoms with Crippen LogP contribution in [0.25, 0.3) is 0 Å². The van der Waals surface area contributed by atoms with E-state index in [2.05, 4.69) is 17.1 Å². The second-order valence-electron chi connectivity index (χ2n) is 1.28. The van der Waals surface area contributed by atoms with Gasteiger partial charge in [-0.05, 0) is 6.92 Å². The monoisotopic (exact) mass is 128 g/mol. The minimum atomic E-state index is 0.517. The topological polar surface area (TPSA) is 51.8 Å². The second-order valence-corrected chi connectivity index (χ2v) is 2.38. The molecule has 0 aromatic carbocycles. The second kappa shape index (κ2) is 2.09. The summed E-state index contributed by atoms with van der Waals surface area (Å²) in [6, 6.07) is 0. The van der Waals surface area contributed by atoms with Gasteiger partial charge in [0.2, 0.25) is 5.13 Å². The van der Waals surface area contributed by atoms with Crippen LogP contribution in [0.3, 0.4) is 0 Å². The zero-order chi connectivity index (χ0) is 5.98. The van der Waals surface area contributed by atoms with Crippen molar-refractivity contribution < 1.29 is 0 Å². The molecule has 0 amide bonds. The van der Waals surface area contributed by atoms with Crippen LogP contribution in [-0.4, -0.2) is 10.2 Å². The van der Waals surface area contributed by atoms with E-state index in [1.54, 1.807) is 0 Å². The number of rotatable bonds is 1. The molecule has 0 aliphatic carbocycles. The zero-order valence-corrected chi connectivity index (χ0v) is 5.11. The van der Waals surface area contributed by atoms with E-state index < -0.39 is 0 Å². The van der Waals surface area contributed by atoms with Crippen molar-refractivity contribution >= 4 is 16.5 Å². The van der Waals surface area contributed by atoms with Gasteiger partial charge in [0.05, 0.1) is 0 Å². The quantitative estimate of drug-likeness (QED) is 0.599. The van der Waals surface area contributed by atoms with Crippen LogP contribution in [0.1, 0.15) is 5.01 Å². The van der Waals surface area contributed by atoms with Gasteiger partial charge in [0, 0.05) is 6.42 Å². The van der Waals surface area contributed by atoms with E-state index >= 15 is 0 Å². The first-order chi connectivity index (χ1) is 3.83. The van der Waals surface area contributed by atoms with Crippen molar-refractivity contribution in [2.24, 2.45) is 0 Å². The molecule has 43 valence electrons. The lowest BCUT2D eigenvalue weighted by molar-refractivity contribution is 1.02. The summed E-state index contributed by atoms with van der Waals surface area (Å²) in [5.41, 5.74) is 5.27. The first kappa shape index (κ1) is 5.50. The van der Waals surface area contributed by atoms with E-state index in [1.807, 2.05) is 0 Å². The van der Waals surface area contributed by atoms with Crippen LogP contribution in [0.15, 0.2) is 0 Å². The molecule has 4 heteroatoms. The fraction of sp³-hybridized carbons (Fsp3) is 0.250. The Labute approximate surface area is 51.5 Å². The van der Waals surface area contributed by atoms with Gasteiger partial charge >= 0.3 is 0 Å². The maximum atomic E-state index is 5.27. The molecule has 3 nitrogen and oxygen atoms in total. The average Bonchev–Trinajstić information content (AvgIpc) is 2.14. The van der Waals surface area contributed by atoms with Crippen LogP contribution < -0.4 is 5.73 Å². The summed E-state index contributed by atoms with van der Waals surface area (Å²) in [5, 5.41) is 8.72. The number of aromatic nitrogens is 2. The molecule has 8 heavy (non-hydrogen) atoms. The van der Waals surface area contributed by atoms with Gasteiger partial charge in [0.25, 0.3) is 0 Å². The van der Waals surface area contributed by atoms with Crippen molar-refractivity contribution in [2.45, 2.75) is 6.42 Å². The number of nitrogens with zero attached hydrogens (tertiary/aromatic N) is 2. The molecule has 1 radical (unpaired) electrons. The van der Waals surface area contributed by atoms with Crippen LogP contribution >= 0.6 is 11.3 Å². The smallest absolute Gasteiger partial charge is 0.203 e. The van der Waals surface area contributed by atoms with E-state index in [9.17, 15) is 0 Å². The molecule has 0 fully saturated rings. The Morgan fingerprint density at radius 1 is 1.62 bits per heavy atom. The van der Waals surface area contributed by atoms with E-state index in [-0.39, 0.29) is 0 Å². The molecule has 0 spiro atoms. The molecular formula is C4H6N3S. The molecule has 0 bridgehead atoms. The molecule has 0 atom stereocenters. The lowest BCUT2D eigenvalue weighted by Crippen LogP contribution is -1.80. The molecule has 1 aromatic heterocycles. The van der Waals surface area contributed by atoms with Gasteiger partial charge in [-0.25, -0.2) is 0 Å². The molecule has 0 saturated heterocycles. The highest BCUT2D eigenvalue weighted by Crippen LogP contribution is 2.09. The Balaban J connectivity index is 2.84. The molecule has 0 aliphatic rings. The van der Waals surface area contributed by atoms with Crippen molar-refractivity contribution in [3.63, 3.8) is 0 Å². The van der Waals surface area contributed by atoms with Gasteiger partial charge in [-0.3, -0.25) is 0 Å². The SMILES string of the molecule is [CH2]Cc1nnc(N)s1. The molecule has 2 N–H and O–H groups in total. The molecule has 0 saturated carbocycles. The number of nitrogen functional groups attached to an aromatic ring is 1. The summed E-state index contributed by atoms with van der Waals surface area (Å²) in [4.78, 5) is 0. The minimum Gasteiger partial charge on any atom is -0.374 e. The van der Waals surface area contributed by atoms with E-state index in [0.29, 0.717) is 11.6 Å². The maximum Gasteiger partial charge on any atom is 0.203 e. The molecule has 1 aromatic rings. The number of hydrogen-bond acceptors (Lipinski definition) is 4. The Kier molecular flexibility index (Phi) is 1.43. The number of hydrogen-bond donors (Lipinski definition) is 1. The molecule has 1 heterocycles. The Bertz CT molecular complexity index is 172. The van der Waals surface area contributed by atoms with Crippen molar-refractivity contribution in [2.75, 3.05) is 5.73 Å². The minimum absolute atomic E-state index is 0.517. The van der Waals surface area contributed by atoms with Gasteiger partial charge in [-0.2, -0.15) is 0 Å². The molecule has 0 aliphatic heterocycles. The van der Waals surface area contributed by atoms with Crippen molar-refractivity contribution in [1.82, 2.24) is 10.2 Å². The number of nitrogens with two attached hydrogens (primary N) is 1. The van der Waals surface area contributed by atoms with Gasteiger partial charge in [-0.1, -0.05) is 11.3 Å². The van der Waals surface area contributed by atoms with Crippen molar-refractivity contribution in [3.05, 3.63) is 11.9 Å². The first-order valence-electron chi connectivity index (χ1n) is 2.20. The summed E-state index contributed by atoms with van der Waals surface area (Å²) in [6.07, 6.45) is 0.675. The van der Waals surface area contributed by atoms with Gasteiger partial charge in [0.1, 0.15) is 5.01 Å². The summed E-state index contributed by atoms with van der Waals surface area (Å²) < 4.78 is 0. The van der Waals surface area contributed by atoms with E-state index in [4.69, 9.17) is 5.73 Å². The zero-order valence-electron chi connectivity index (χ0n) is 4.29. The largest absolute Gasteiger partial charge is 0.374 e. The Hall–Kier alpha value is -0.640. The van der Waals surface area contributed by atoms with Gasteiger partial charge in [-0.15, -0.1) is 10.2 Å². The standard InChI is InChI=1S/C4H6N3S/c1-2-3-6-7-4(5)8-3/h1-2H2,(H2,5,7). The summed E-state index contributed by atoms with van der Waals surface area (Å²) >= 11 is 1.38. The maximum absolute atomic E-state index is 5.27. The highest BCUT2D eigenvalue weighted by molar-refractivity contribution is 7.15. The lowest BCUT2D eigenvalue weighted by atomic mass is 10.5. The third kappa shape index (κ3) is 0.949. The highest BCUT2D eigenvalue weighted by Gasteiger charge is 1.94. The Morgan fingerprint density at radius 3 is 2.62 bits per heavy atom. The summed E-state index contributed by atoms with van der Waals surface area (Å²) in [5.74, 6) is 0. The fourth-order valence-electron chi connectivity index (χ4n) is 0.368. The van der Waals surface area contributed by atoms with E-state index in [0.717, 1.165) is 5.01 Å². The van der Waals surface area contributed by atoms with Crippen molar-refractivity contribution in [3.8, 4) is 0 Å². The normalized spacial score (nSPS) is 9.62. The average molecular weight is 128 g/mol. The third-order valence-electron chi connectivity index (χ3n) is 0.696. The lowest BCUT2D eigenvalue weighted by Gasteiger charge is -1.75. The highest BCUT2D eigenvalue weighted by atomic mass is 32.1. The molecular weight excluding hydrogens is 122 g/mol. The molecule has 1 rings (SSSR count). The van der Waals surface area contributed by atoms with Crippen LogP contribution in [0.4, 0.5) is 5.13 Å². The van der Waals surface area contributed by atoms with Crippen molar-refractivity contribution in [1.29, 1.82) is 0 Å². The first-order valence-corrected chi connectivity index (χ1v) is 3.01. The molecule has 0 unspecified atom stereocenters. The van der Waals surface area contributed by atoms with Crippen LogP contribution in [0.5, 0.6) is 0 Å². The van der Waals surface area contributed by atoms with E-state index in [1.165, 1.54) is 11.3 Å². The fourth-order valence-corrected chi connectivity index (χ4v) is 0.874. The summed E-state index contributed by atoms with van der Waals surface area (Å²) in [7, 11) is 0. The van der Waals surface area contributed by atoms with Crippen LogP contribution in [0.2, 0.25) is 0 Å². The predicted molar refractivity (Wildman–Crippen MR) is 33.4 cm³/mol. The number of anilines is 1. The van der Waals surface area contributed by atoms with Crippen LogP contribution in [-0.2, 0) is 6.42 Å². The Morgan fingerprint density at radius 2 is 2.38 bits per heavy atom. The summed E-state index contributed by atoms with van der Waals surface area (Å²) in [6.45, 7) is 3.62. The third-order valence-corrected chi connectivity index (χ3v) is 1.51. The van der Waals surface area contributed by atoms with Crippen LogP contribution in [0, 0.1) is 6.92 Å². The predicted octanol–water partition coefficient (Wildman–Crippen LogP) is 0.497. The van der Waals surface area contributed by atoms with Gasteiger partial charge < -0.3 is 5.73 Å². The van der Waals surface area contributed by atoms with Gasteiger partial charge in [0.15, 0.2) is 0 Å².